The first kappa shape index (κ1) is 14.3. The van der Waals surface area contributed by atoms with Gasteiger partial charge in [0.1, 0.15) is 11.1 Å². The van der Waals surface area contributed by atoms with E-state index in [1.54, 1.807) is 24.2 Å². The van der Waals surface area contributed by atoms with Crippen LogP contribution >= 0.6 is 11.8 Å². The molecule has 2 heterocycles. The molecule has 0 radical (unpaired) electrons. The molecule has 0 saturated heterocycles. The third-order valence-corrected chi connectivity index (χ3v) is 4.22. The van der Waals surface area contributed by atoms with Gasteiger partial charge in [0.2, 0.25) is 0 Å². The molecule has 3 aromatic rings. The molecular formula is C18H13N3S. The first-order valence-corrected chi connectivity index (χ1v) is 7.83. The van der Waals surface area contributed by atoms with Gasteiger partial charge in [0, 0.05) is 23.7 Å². The van der Waals surface area contributed by atoms with Gasteiger partial charge in [-0.15, -0.1) is 11.8 Å². The van der Waals surface area contributed by atoms with Crippen LogP contribution in [0.5, 0.6) is 0 Å². The van der Waals surface area contributed by atoms with Gasteiger partial charge in [0.15, 0.2) is 0 Å². The third kappa shape index (κ3) is 3.33. The largest absolute Gasteiger partial charge is 0.264 e. The summed E-state index contributed by atoms with van der Waals surface area (Å²) >= 11 is 1.58. The van der Waals surface area contributed by atoms with Crippen molar-refractivity contribution in [1.29, 1.82) is 5.26 Å². The average Bonchev–Trinajstić information content (AvgIpc) is 2.61. The maximum Gasteiger partial charge on any atom is 0.115 e. The van der Waals surface area contributed by atoms with Gasteiger partial charge in [-0.1, -0.05) is 30.3 Å². The van der Waals surface area contributed by atoms with Crippen molar-refractivity contribution in [3.05, 3.63) is 78.1 Å². The molecule has 106 valence electrons. The van der Waals surface area contributed by atoms with Gasteiger partial charge in [0.05, 0.1) is 11.3 Å². The van der Waals surface area contributed by atoms with Crippen molar-refractivity contribution in [1.82, 2.24) is 9.97 Å². The van der Waals surface area contributed by atoms with Crippen molar-refractivity contribution in [2.24, 2.45) is 0 Å². The quantitative estimate of drug-likeness (QED) is 0.674. The van der Waals surface area contributed by atoms with Crippen LogP contribution in [0, 0.1) is 11.3 Å². The Labute approximate surface area is 133 Å². The number of nitriles is 1. The molecule has 0 fully saturated rings. The summed E-state index contributed by atoms with van der Waals surface area (Å²) in [5, 5.41) is 10.0. The Morgan fingerprint density at radius 3 is 2.59 bits per heavy atom. The highest BCUT2D eigenvalue weighted by Crippen LogP contribution is 2.27. The van der Waals surface area contributed by atoms with Gasteiger partial charge >= 0.3 is 0 Å². The van der Waals surface area contributed by atoms with Crippen LogP contribution in [-0.2, 0) is 5.75 Å². The first-order valence-electron chi connectivity index (χ1n) is 6.85. The fraction of sp³-hybridized carbons (Fsp3) is 0.0556. The van der Waals surface area contributed by atoms with Crippen LogP contribution in [0.4, 0.5) is 0 Å². The Morgan fingerprint density at radius 2 is 1.86 bits per heavy atom. The van der Waals surface area contributed by atoms with Crippen molar-refractivity contribution in [2.75, 3.05) is 0 Å². The molecule has 1 aromatic carbocycles. The maximum atomic E-state index is 9.26. The van der Waals surface area contributed by atoms with Crippen LogP contribution in [0.1, 0.15) is 11.1 Å². The van der Waals surface area contributed by atoms with Crippen molar-refractivity contribution in [2.45, 2.75) is 10.8 Å². The second-order valence-corrected chi connectivity index (χ2v) is 5.64. The van der Waals surface area contributed by atoms with E-state index in [9.17, 15) is 5.26 Å². The molecule has 0 saturated carbocycles. The summed E-state index contributed by atoms with van der Waals surface area (Å²) in [6, 6.07) is 19.9. The summed E-state index contributed by atoms with van der Waals surface area (Å²) in [6.07, 6.45) is 3.51. The number of benzene rings is 1. The number of hydrogen-bond donors (Lipinski definition) is 0. The minimum absolute atomic E-state index is 0.605. The number of hydrogen-bond acceptors (Lipinski definition) is 4. The number of aromatic nitrogens is 2. The normalized spacial score (nSPS) is 10.1. The molecule has 0 unspecified atom stereocenters. The predicted molar refractivity (Wildman–Crippen MR) is 88.2 cm³/mol. The molecule has 0 aliphatic rings. The molecule has 0 spiro atoms. The number of pyridine rings is 2. The Bertz CT molecular complexity index is 796. The van der Waals surface area contributed by atoms with E-state index in [1.807, 2.05) is 42.5 Å². The molecule has 3 rings (SSSR count). The lowest BCUT2D eigenvalue weighted by Crippen LogP contribution is -1.92. The number of thioether (sulfide) groups is 1. The highest BCUT2D eigenvalue weighted by Gasteiger charge is 2.08. The second kappa shape index (κ2) is 6.88. The second-order valence-electron chi connectivity index (χ2n) is 4.68. The molecule has 4 heteroatoms. The molecule has 0 N–H and O–H groups in total. The molecule has 0 aliphatic carbocycles. The Kier molecular flexibility index (Phi) is 4.47. The fourth-order valence-electron chi connectivity index (χ4n) is 2.04. The molecule has 3 nitrogen and oxygen atoms in total. The van der Waals surface area contributed by atoms with E-state index in [4.69, 9.17) is 0 Å². The molecule has 0 aliphatic heterocycles. The van der Waals surface area contributed by atoms with Gasteiger partial charge in [-0.05, 0) is 29.8 Å². The van der Waals surface area contributed by atoms with Crippen LogP contribution in [0.15, 0.2) is 72.0 Å². The lowest BCUT2D eigenvalue weighted by Gasteiger charge is -2.06. The van der Waals surface area contributed by atoms with Crippen LogP contribution in [-0.4, -0.2) is 9.97 Å². The van der Waals surface area contributed by atoms with Gasteiger partial charge in [-0.25, -0.2) is 4.98 Å². The molecule has 0 atom stereocenters. The molecule has 22 heavy (non-hydrogen) atoms. The van der Waals surface area contributed by atoms with Crippen LogP contribution < -0.4 is 0 Å². The van der Waals surface area contributed by atoms with E-state index >= 15 is 0 Å². The minimum atomic E-state index is 0.605. The van der Waals surface area contributed by atoms with E-state index < -0.39 is 0 Å². The summed E-state index contributed by atoms with van der Waals surface area (Å²) in [5.41, 5.74) is 3.61. The maximum absolute atomic E-state index is 9.26. The summed E-state index contributed by atoms with van der Waals surface area (Å²) in [6.45, 7) is 0. The third-order valence-electron chi connectivity index (χ3n) is 3.16. The lowest BCUT2D eigenvalue weighted by atomic mass is 10.2. The van der Waals surface area contributed by atoms with Crippen molar-refractivity contribution < 1.29 is 0 Å². The number of rotatable bonds is 4. The van der Waals surface area contributed by atoms with E-state index in [-0.39, 0.29) is 0 Å². The predicted octanol–water partition coefficient (Wildman–Crippen LogP) is 4.31. The Balaban J connectivity index is 1.87. The summed E-state index contributed by atoms with van der Waals surface area (Å²) < 4.78 is 0. The molecule has 0 amide bonds. The minimum Gasteiger partial charge on any atom is -0.264 e. The van der Waals surface area contributed by atoms with E-state index in [0.29, 0.717) is 5.56 Å². The smallest absolute Gasteiger partial charge is 0.115 e. The zero-order chi connectivity index (χ0) is 15.2. The van der Waals surface area contributed by atoms with Gasteiger partial charge in [0.25, 0.3) is 0 Å². The lowest BCUT2D eigenvalue weighted by molar-refractivity contribution is 1.11. The summed E-state index contributed by atoms with van der Waals surface area (Å²) in [5.74, 6) is 0.791. The van der Waals surface area contributed by atoms with Gasteiger partial charge in [-0.3, -0.25) is 4.98 Å². The van der Waals surface area contributed by atoms with E-state index in [2.05, 4.69) is 28.2 Å². The van der Waals surface area contributed by atoms with E-state index in [0.717, 1.165) is 22.0 Å². The summed E-state index contributed by atoms with van der Waals surface area (Å²) in [4.78, 5) is 8.74. The van der Waals surface area contributed by atoms with E-state index in [1.165, 1.54) is 5.56 Å². The van der Waals surface area contributed by atoms with Crippen molar-refractivity contribution >= 4 is 11.8 Å². The number of nitrogens with zero attached hydrogens (tertiary/aromatic N) is 3. The standard InChI is InChI=1S/C18H13N3S/c19-11-15-8-9-17(16-7-4-10-20-12-16)21-18(15)22-13-14-5-2-1-3-6-14/h1-10,12H,13H2. The van der Waals surface area contributed by atoms with Crippen LogP contribution in [0.2, 0.25) is 0 Å². The topological polar surface area (TPSA) is 49.6 Å². The van der Waals surface area contributed by atoms with Crippen molar-refractivity contribution in [3.63, 3.8) is 0 Å². The molecule has 0 bridgehead atoms. The fourth-order valence-corrected chi connectivity index (χ4v) is 2.96. The van der Waals surface area contributed by atoms with Gasteiger partial charge < -0.3 is 0 Å². The Hall–Kier alpha value is -2.64. The molecular weight excluding hydrogens is 290 g/mol. The zero-order valence-electron chi connectivity index (χ0n) is 11.8. The van der Waals surface area contributed by atoms with Gasteiger partial charge in [-0.2, -0.15) is 5.26 Å². The Morgan fingerprint density at radius 1 is 1.00 bits per heavy atom. The monoisotopic (exact) mass is 303 g/mol. The molecule has 2 aromatic heterocycles. The first-order chi connectivity index (χ1) is 10.9. The van der Waals surface area contributed by atoms with Crippen LogP contribution in [0.25, 0.3) is 11.3 Å². The van der Waals surface area contributed by atoms with Crippen LogP contribution in [0.3, 0.4) is 0 Å². The van der Waals surface area contributed by atoms with Crippen molar-refractivity contribution in [3.8, 4) is 17.3 Å². The highest BCUT2D eigenvalue weighted by atomic mass is 32.2. The summed E-state index contributed by atoms with van der Waals surface area (Å²) in [7, 11) is 0. The SMILES string of the molecule is N#Cc1ccc(-c2cccnc2)nc1SCc1ccccc1. The average molecular weight is 303 g/mol. The highest BCUT2D eigenvalue weighted by molar-refractivity contribution is 7.98. The zero-order valence-corrected chi connectivity index (χ0v) is 12.6.